The lowest BCUT2D eigenvalue weighted by Crippen LogP contribution is -2.07. The summed E-state index contributed by atoms with van der Waals surface area (Å²) in [6.45, 7) is 6.60. The van der Waals surface area contributed by atoms with E-state index in [1.807, 2.05) is 66.9 Å². The van der Waals surface area contributed by atoms with Gasteiger partial charge in [0.25, 0.3) is 0 Å². The largest absolute Gasteiger partial charge is 0.493 e. The van der Waals surface area contributed by atoms with Crippen molar-refractivity contribution in [2.45, 2.75) is 27.3 Å². The molecule has 1 heterocycles. The lowest BCUT2D eigenvalue weighted by atomic mass is 10.1. The molecule has 7 heteroatoms. The quantitative estimate of drug-likeness (QED) is 0.221. The number of nitrogens with one attached hydrogen (secondary N) is 1. The van der Waals surface area contributed by atoms with Gasteiger partial charge in [0.15, 0.2) is 5.69 Å². The van der Waals surface area contributed by atoms with Gasteiger partial charge in [0.2, 0.25) is 11.0 Å². The molecular weight excluding hydrogens is 484 g/mol. The third-order valence-corrected chi connectivity index (χ3v) is 6.03. The van der Waals surface area contributed by atoms with Crippen molar-refractivity contribution in [2.75, 3.05) is 5.32 Å². The van der Waals surface area contributed by atoms with Gasteiger partial charge in [-0.1, -0.05) is 64.0 Å². The molecule has 0 radical (unpaired) electrons. The molecule has 0 aliphatic rings. The topological polar surface area (TPSA) is 61.9 Å². The summed E-state index contributed by atoms with van der Waals surface area (Å²) >= 11 is 8.92. The first kappa shape index (κ1) is 22.2. The molecule has 3 aromatic carbocycles. The van der Waals surface area contributed by atoms with E-state index in [0.717, 1.165) is 37.8 Å². The Morgan fingerprint density at radius 3 is 2.47 bits per heavy atom. The average Bonchev–Trinajstić information content (AvgIpc) is 2.99. The SMILES string of the molecule is Cc1cccc(Cn2c(O)c(N=NC(=S)Nc3c(C)cccc3C)c3cc(Br)ccc32)c1. The van der Waals surface area contributed by atoms with Crippen LogP contribution in [0.3, 0.4) is 0 Å². The second-order valence-corrected chi connectivity index (χ2v) is 9.11. The molecule has 2 N–H and O–H groups in total. The molecule has 4 rings (SSSR count). The summed E-state index contributed by atoms with van der Waals surface area (Å²) in [4.78, 5) is 0. The Kier molecular flexibility index (Phi) is 6.39. The second kappa shape index (κ2) is 9.22. The van der Waals surface area contributed by atoms with Gasteiger partial charge in [-0.3, -0.25) is 0 Å². The number of nitrogens with zero attached hydrogens (tertiary/aromatic N) is 3. The van der Waals surface area contributed by atoms with Gasteiger partial charge in [0.05, 0.1) is 12.1 Å². The molecular formula is C25H23BrN4OS. The molecule has 0 aliphatic carbocycles. The van der Waals surface area contributed by atoms with E-state index in [2.05, 4.69) is 50.5 Å². The monoisotopic (exact) mass is 506 g/mol. The summed E-state index contributed by atoms with van der Waals surface area (Å²) in [6, 6.07) is 20.1. The maximum atomic E-state index is 11.1. The number of azo groups is 1. The summed E-state index contributed by atoms with van der Waals surface area (Å²) in [6.07, 6.45) is 0. The van der Waals surface area contributed by atoms with E-state index < -0.39 is 0 Å². The van der Waals surface area contributed by atoms with Crippen molar-refractivity contribution in [3.63, 3.8) is 0 Å². The number of halogens is 1. The number of anilines is 1. The number of aromatic nitrogens is 1. The highest BCUT2D eigenvalue weighted by Crippen LogP contribution is 2.40. The van der Waals surface area contributed by atoms with E-state index in [9.17, 15) is 5.11 Å². The van der Waals surface area contributed by atoms with Gasteiger partial charge in [-0.15, -0.1) is 10.2 Å². The second-order valence-electron chi connectivity index (χ2n) is 7.81. The van der Waals surface area contributed by atoms with Crippen LogP contribution in [0.25, 0.3) is 10.9 Å². The number of aryl methyl sites for hydroxylation is 3. The van der Waals surface area contributed by atoms with Gasteiger partial charge >= 0.3 is 0 Å². The maximum Gasteiger partial charge on any atom is 0.221 e. The van der Waals surface area contributed by atoms with Crippen molar-refractivity contribution in [1.29, 1.82) is 0 Å². The number of thiocarbonyl (C=S) groups is 1. The molecule has 0 aliphatic heterocycles. The van der Waals surface area contributed by atoms with Crippen LogP contribution in [0.5, 0.6) is 5.88 Å². The fourth-order valence-electron chi connectivity index (χ4n) is 3.79. The third-order valence-electron chi connectivity index (χ3n) is 5.35. The smallest absolute Gasteiger partial charge is 0.221 e. The minimum absolute atomic E-state index is 0.0539. The van der Waals surface area contributed by atoms with Gasteiger partial charge < -0.3 is 15.0 Å². The van der Waals surface area contributed by atoms with E-state index in [1.165, 1.54) is 5.56 Å². The molecule has 0 spiro atoms. The van der Waals surface area contributed by atoms with E-state index in [-0.39, 0.29) is 11.0 Å². The highest BCUT2D eigenvalue weighted by atomic mass is 79.9. The number of rotatable bonds is 4. The zero-order chi connectivity index (χ0) is 22.8. The van der Waals surface area contributed by atoms with Crippen LogP contribution in [0.2, 0.25) is 0 Å². The molecule has 0 saturated carbocycles. The van der Waals surface area contributed by atoms with Gasteiger partial charge in [0.1, 0.15) is 0 Å². The molecule has 0 saturated heterocycles. The Morgan fingerprint density at radius 2 is 1.75 bits per heavy atom. The molecule has 4 aromatic rings. The number of aromatic hydroxyl groups is 1. The first-order valence-electron chi connectivity index (χ1n) is 10.2. The molecule has 0 bridgehead atoms. The highest BCUT2D eigenvalue weighted by molar-refractivity contribution is 9.10. The zero-order valence-electron chi connectivity index (χ0n) is 18.1. The highest BCUT2D eigenvalue weighted by Gasteiger charge is 2.18. The van der Waals surface area contributed by atoms with Crippen molar-refractivity contribution in [2.24, 2.45) is 10.2 Å². The zero-order valence-corrected chi connectivity index (χ0v) is 20.5. The number of hydrogen-bond donors (Lipinski definition) is 2. The fourth-order valence-corrected chi connectivity index (χ4v) is 4.29. The first-order chi connectivity index (χ1) is 15.3. The van der Waals surface area contributed by atoms with E-state index in [0.29, 0.717) is 12.2 Å². The number of fused-ring (bicyclic) bond motifs is 1. The lowest BCUT2D eigenvalue weighted by Gasteiger charge is -2.10. The van der Waals surface area contributed by atoms with Crippen molar-refractivity contribution >= 4 is 55.5 Å². The Morgan fingerprint density at radius 1 is 1.03 bits per heavy atom. The van der Waals surface area contributed by atoms with Crippen molar-refractivity contribution in [1.82, 2.24) is 4.57 Å². The maximum absolute atomic E-state index is 11.1. The third kappa shape index (κ3) is 4.59. The van der Waals surface area contributed by atoms with Crippen molar-refractivity contribution < 1.29 is 5.11 Å². The van der Waals surface area contributed by atoms with Crippen LogP contribution in [-0.4, -0.2) is 14.8 Å². The minimum Gasteiger partial charge on any atom is -0.493 e. The predicted octanol–water partition coefficient (Wildman–Crippen LogP) is 7.56. The summed E-state index contributed by atoms with van der Waals surface area (Å²) in [5.41, 5.74) is 6.59. The van der Waals surface area contributed by atoms with E-state index >= 15 is 0 Å². The summed E-state index contributed by atoms with van der Waals surface area (Å²) in [7, 11) is 0. The normalized spacial score (nSPS) is 11.4. The van der Waals surface area contributed by atoms with E-state index in [4.69, 9.17) is 12.2 Å². The number of hydrogen-bond acceptors (Lipinski definition) is 3. The number of benzene rings is 3. The molecule has 32 heavy (non-hydrogen) atoms. The van der Waals surface area contributed by atoms with Gasteiger partial charge in [-0.25, -0.2) is 0 Å². The van der Waals surface area contributed by atoms with Crippen LogP contribution in [0.4, 0.5) is 11.4 Å². The first-order valence-corrected chi connectivity index (χ1v) is 11.4. The molecule has 1 aromatic heterocycles. The lowest BCUT2D eigenvalue weighted by molar-refractivity contribution is 0.429. The minimum atomic E-state index is 0.0539. The molecule has 0 unspecified atom stereocenters. The van der Waals surface area contributed by atoms with Crippen molar-refractivity contribution in [3.8, 4) is 5.88 Å². The fraction of sp³-hybridized carbons (Fsp3) is 0.160. The van der Waals surface area contributed by atoms with Crippen LogP contribution < -0.4 is 5.32 Å². The Labute approximate surface area is 200 Å². The van der Waals surface area contributed by atoms with Crippen LogP contribution >= 0.6 is 28.1 Å². The van der Waals surface area contributed by atoms with Gasteiger partial charge in [-0.2, -0.15) is 0 Å². The standard InChI is InChI=1S/C25H23BrN4OS/c1-15-6-4-9-18(12-15)14-30-21-11-10-19(26)13-20(21)23(24(30)31)28-29-25(32)27-22-16(2)7-5-8-17(22)3/h4-13,31H,14H2,1-3H3,(H,27,32). The summed E-state index contributed by atoms with van der Waals surface area (Å²) in [5, 5.41) is 23.8. The average molecular weight is 507 g/mol. The Balaban J connectivity index is 1.70. The van der Waals surface area contributed by atoms with Crippen LogP contribution in [0, 0.1) is 20.8 Å². The molecule has 5 nitrogen and oxygen atoms in total. The van der Waals surface area contributed by atoms with Crippen LogP contribution in [0.15, 0.2) is 75.4 Å². The van der Waals surface area contributed by atoms with Crippen LogP contribution in [-0.2, 0) is 6.54 Å². The van der Waals surface area contributed by atoms with Gasteiger partial charge in [0, 0.05) is 15.5 Å². The number of para-hydroxylation sites is 1. The molecule has 0 amide bonds. The molecule has 0 atom stereocenters. The summed E-state index contributed by atoms with van der Waals surface area (Å²) in [5.74, 6) is 0.0539. The predicted molar refractivity (Wildman–Crippen MR) is 138 cm³/mol. The van der Waals surface area contributed by atoms with E-state index in [1.54, 1.807) is 0 Å². The van der Waals surface area contributed by atoms with Crippen LogP contribution in [0.1, 0.15) is 22.3 Å². The molecule has 0 fully saturated rings. The van der Waals surface area contributed by atoms with Crippen molar-refractivity contribution in [3.05, 3.63) is 87.4 Å². The Hall–Kier alpha value is -3.03. The molecule has 162 valence electrons. The van der Waals surface area contributed by atoms with Gasteiger partial charge in [-0.05, 0) is 67.9 Å². The summed E-state index contributed by atoms with van der Waals surface area (Å²) < 4.78 is 2.73. The Bertz CT molecular complexity index is 1340.